The number of hydrogen-bond donors (Lipinski definition) is 4. The lowest BCUT2D eigenvalue weighted by atomic mass is 10.0. The summed E-state index contributed by atoms with van der Waals surface area (Å²) in [6.45, 7) is 3.79. The largest absolute Gasteiger partial charge is 0.346 e. The minimum Gasteiger partial charge on any atom is -0.346 e. The summed E-state index contributed by atoms with van der Waals surface area (Å²) in [6, 6.07) is 30.2. The van der Waals surface area contributed by atoms with Gasteiger partial charge >= 0.3 is 0 Å². The minimum absolute atomic E-state index is 0.0178. The molecule has 7 nitrogen and oxygen atoms in total. The first-order valence-corrected chi connectivity index (χ1v) is 11.8. The molecule has 4 aromatic carbocycles. The molecule has 0 fully saturated rings. The number of hydrogen-bond acceptors (Lipinski definition) is 5. The normalized spacial score (nSPS) is 16.9. The second-order valence-electron chi connectivity index (χ2n) is 9.12. The topological polar surface area (TPSA) is 106 Å². The van der Waals surface area contributed by atoms with Crippen molar-refractivity contribution < 1.29 is 9.59 Å². The molecule has 0 aromatic heterocycles. The SMILES string of the molecule is Cc1ccc(NC2(C)NC(=O)C(C#N)=C(c3ccc(NC(=O)c4cccc5ccccc45)cc3)N2)cc1. The molecule has 1 atom stereocenters. The Bertz CT molecular complexity index is 1580. The first kappa shape index (κ1) is 23.6. The van der Waals surface area contributed by atoms with Gasteiger partial charge in [0, 0.05) is 16.9 Å². The van der Waals surface area contributed by atoms with Crippen LogP contribution in [-0.4, -0.2) is 17.6 Å². The summed E-state index contributed by atoms with van der Waals surface area (Å²) in [5.41, 5.74) is 4.15. The van der Waals surface area contributed by atoms with Crippen molar-refractivity contribution in [1.29, 1.82) is 5.26 Å². The van der Waals surface area contributed by atoms with Crippen molar-refractivity contribution in [3.63, 3.8) is 0 Å². The van der Waals surface area contributed by atoms with Gasteiger partial charge in [-0.3, -0.25) is 9.59 Å². The van der Waals surface area contributed by atoms with E-state index in [1.54, 1.807) is 37.3 Å². The van der Waals surface area contributed by atoms with Crippen LogP contribution in [0.2, 0.25) is 0 Å². The molecular formula is C30H25N5O2. The van der Waals surface area contributed by atoms with Crippen molar-refractivity contribution in [2.45, 2.75) is 19.6 Å². The third-order valence-electron chi connectivity index (χ3n) is 6.24. The molecule has 1 unspecified atom stereocenters. The van der Waals surface area contributed by atoms with Gasteiger partial charge in [0.05, 0.1) is 5.70 Å². The molecule has 1 aliphatic heterocycles. The number of fused-ring (bicyclic) bond motifs is 1. The van der Waals surface area contributed by atoms with Crippen molar-refractivity contribution in [3.05, 3.63) is 113 Å². The van der Waals surface area contributed by atoms with Crippen LogP contribution < -0.4 is 21.3 Å². The summed E-state index contributed by atoms with van der Waals surface area (Å²) in [4.78, 5) is 25.8. The molecule has 1 aliphatic rings. The summed E-state index contributed by atoms with van der Waals surface area (Å²) in [7, 11) is 0. The fourth-order valence-electron chi connectivity index (χ4n) is 4.40. The maximum atomic E-state index is 13.0. The van der Waals surface area contributed by atoms with Crippen LogP contribution in [0.5, 0.6) is 0 Å². The van der Waals surface area contributed by atoms with Crippen LogP contribution in [0, 0.1) is 18.3 Å². The second-order valence-corrected chi connectivity index (χ2v) is 9.12. The Morgan fingerprint density at radius 1 is 0.865 bits per heavy atom. The summed E-state index contributed by atoms with van der Waals surface area (Å²) >= 11 is 0. The van der Waals surface area contributed by atoms with E-state index in [1.165, 1.54) is 0 Å². The Hall–Kier alpha value is -5.09. The van der Waals surface area contributed by atoms with Gasteiger partial charge in [-0.05, 0) is 60.5 Å². The maximum absolute atomic E-state index is 13.0. The molecule has 1 heterocycles. The Kier molecular flexibility index (Phi) is 6.08. The molecule has 2 amide bonds. The fraction of sp³-hybridized carbons (Fsp3) is 0.100. The lowest BCUT2D eigenvalue weighted by Gasteiger charge is -2.39. The Morgan fingerprint density at radius 3 is 2.27 bits per heavy atom. The van der Waals surface area contributed by atoms with Gasteiger partial charge < -0.3 is 21.3 Å². The van der Waals surface area contributed by atoms with Crippen LogP contribution >= 0.6 is 0 Å². The van der Waals surface area contributed by atoms with Gasteiger partial charge in [-0.2, -0.15) is 5.26 Å². The molecular weight excluding hydrogens is 462 g/mol. The smallest absolute Gasteiger partial charge is 0.267 e. The van der Waals surface area contributed by atoms with E-state index >= 15 is 0 Å². The van der Waals surface area contributed by atoms with Gasteiger partial charge in [0.2, 0.25) is 0 Å². The average Bonchev–Trinajstić information content (AvgIpc) is 2.89. The van der Waals surface area contributed by atoms with E-state index in [0.29, 0.717) is 22.5 Å². The number of amides is 2. The maximum Gasteiger partial charge on any atom is 0.267 e. The van der Waals surface area contributed by atoms with Crippen molar-refractivity contribution in [3.8, 4) is 6.07 Å². The van der Waals surface area contributed by atoms with Crippen molar-refractivity contribution in [1.82, 2.24) is 10.6 Å². The number of anilines is 2. The van der Waals surface area contributed by atoms with E-state index in [9.17, 15) is 14.9 Å². The van der Waals surface area contributed by atoms with E-state index in [1.807, 2.05) is 73.7 Å². The monoisotopic (exact) mass is 487 g/mol. The van der Waals surface area contributed by atoms with E-state index in [4.69, 9.17) is 0 Å². The molecule has 37 heavy (non-hydrogen) atoms. The highest BCUT2D eigenvalue weighted by atomic mass is 16.2. The van der Waals surface area contributed by atoms with E-state index in [2.05, 4.69) is 21.3 Å². The Morgan fingerprint density at radius 2 is 1.54 bits per heavy atom. The first-order chi connectivity index (χ1) is 17.8. The van der Waals surface area contributed by atoms with Crippen LogP contribution in [0.3, 0.4) is 0 Å². The number of carbonyl (C=O) groups excluding carboxylic acids is 2. The molecule has 0 aliphatic carbocycles. The zero-order valence-corrected chi connectivity index (χ0v) is 20.4. The number of carbonyl (C=O) groups is 2. The van der Waals surface area contributed by atoms with Crippen molar-refractivity contribution in [2.75, 3.05) is 10.6 Å². The summed E-state index contributed by atoms with van der Waals surface area (Å²) in [6.07, 6.45) is 0. The first-order valence-electron chi connectivity index (χ1n) is 11.8. The number of nitrogens with zero attached hydrogens (tertiary/aromatic N) is 1. The molecule has 0 radical (unpaired) electrons. The second kappa shape index (κ2) is 9.51. The molecule has 4 aromatic rings. The average molecular weight is 488 g/mol. The van der Waals surface area contributed by atoms with Crippen LogP contribution in [0.1, 0.15) is 28.4 Å². The summed E-state index contributed by atoms with van der Waals surface area (Å²) < 4.78 is 0. The van der Waals surface area contributed by atoms with Crippen LogP contribution in [0.4, 0.5) is 11.4 Å². The van der Waals surface area contributed by atoms with Gasteiger partial charge in [-0.25, -0.2) is 0 Å². The van der Waals surface area contributed by atoms with E-state index in [-0.39, 0.29) is 11.5 Å². The van der Waals surface area contributed by atoms with Gasteiger partial charge in [0.1, 0.15) is 11.6 Å². The molecule has 0 spiro atoms. The highest BCUT2D eigenvalue weighted by Crippen LogP contribution is 2.26. The van der Waals surface area contributed by atoms with E-state index < -0.39 is 11.7 Å². The predicted octanol–water partition coefficient (Wildman–Crippen LogP) is 5.14. The number of nitriles is 1. The lowest BCUT2D eigenvalue weighted by molar-refractivity contribution is -0.119. The highest BCUT2D eigenvalue weighted by Gasteiger charge is 2.35. The molecule has 0 bridgehead atoms. The Labute approximate surface area is 214 Å². The Balaban J connectivity index is 1.38. The fourth-order valence-corrected chi connectivity index (χ4v) is 4.40. The molecule has 0 saturated carbocycles. The standard InChI is InChI=1S/C30H25N5O2/c1-19-10-14-23(15-11-19)33-30(2)34-27(26(18-31)29(37)35-30)21-12-16-22(17-13-21)32-28(36)25-9-5-7-20-6-3-4-8-24(20)25/h3-17,33-34H,1-2H3,(H,32,36)(H,35,37). The summed E-state index contributed by atoms with van der Waals surface area (Å²) in [5, 5.41) is 23.9. The zero-order valence-electron chi connectivity index (χ0n) is 20.4. The number of benzene rings is 4. The summed E-state index contributed by atoms with van der Waals surface area (Å²) in [5.74, 6) is -1.72. The third-order valence-corrected chi connectivity index (χ3v) is 6.24. The number of rotatable bonds is 5. The predicted molar refractivity (Wildman–Crippen MR) is 145 cm³/mol. The third kappa shape index (κ3) is 4.86. The van der Waals surface area contributed by atoms with E-state index in [0.717, 1.165) is 22.0 Å². The van der Waals surface area contributed by atoms with Gasteiger partial charge in [0.15, 0.2) is 5.79 Å². The van der Waals surface area contributed by atoms with Gasteiger partial charge in [-0.15, -0.1) is 0 Å². The molecule has 0 saturated heterocycles. The van der Waals surface area contributed by atoms with Crippen LogP contribution in [0.15, 0.2) is 96.6 Å². The number of aryl methyl sites for hydroxylation is 1. The van der Waals surface area contributed by atoms with Crippen molar-refractivity contribution in [2.24, 2.45) is 0 Å². The van der Waals surface area contributed by atoms with Gasteiger partial charge in [0.25, 0.3) is 11.8 Å². The number of nitrogens with one attached hydrogen (secondary N) is 4. The molecule has 7 heteroatoms. The molecule has 182 valence electrons. The van der Waals surface area contributed by atoms with Gasteiger partial charge in [-0.1, -0.05) is 66.2 Å². The highest BCUT2D eigenvalue weighted by molar-refractivity contribution is 6.13. The quantitative estimate of drug-likeness (QED) is 0.312. The minimum atomic E-state index is -1.02. The lowest BCUT2D eigenvalue weighted by Crippen LogP contribution is -2.64. The van der Waals surface area contributed by atoms with Crippen LogP contribution in [-0.2, 0) is 4.79 Å². The van der Waals surface area contributed by atoms with Crippen molar-refractivity contribution >= 4 is 39.7 Å². The molecule has 5 rings (SSSR count). The molecule has 4 N–H and O–H groups in total. The zero-order chi connectivity index (χ0) is 26.0. The van der Waals surface area contributed by atoms with Crippen LogP contribution in [0.25, 0.3) is 16.5 Å².